The third kappa shape index (κ3) is 3.77. The van der Waals surface area contributed by atoms with Gasteiger partial charge in [0.1, 0.15) is 5.56 Å². The first-order chi connectivity index (χ1) is 13.2. The number of piperidine rings is 1. The second-order valence-corrected chi connectivity index (χ2v) is 7.05. The topological polar surface area (TPSA) is 55.3 Å². The third-order valence-corrected chi connectivity index (χ3v) is 5.19. The maximum absolute atomic E-state index is 12.9. The summed E-state index contributed by atoms with van der Waals surface area (Å²) in [4.78, 5) is 23.4. The van der Waals surface area contributed by atoms with Crippen LogP contribution < -0.4 is 4.74 Å². The van der Waals surface area contributed by atoms with Gasteiger partial charge in [0.15, 0.2) is 0 Å². The number of rotatable bonds is 4. The summed E-state index contributed by atoms with van der Waals surface area (Å²) in [5.41, 5.74) is 2.86. The first-order valence-corrected chi connectivity index (χ1v) is 9.36. The van der Waals surface area contributed by atoms with E-state index in [0.717, 1.165) is 37.9 Å². The lowest BCUT2D eigenvalue weighted by atomic mass is 9.90. The minimum Gasteiger partial charge on any atom is -0.480 e. The standard InChI is InChI=1S/C22H23N3O2/c1-27-21-19(7-3-11-24-21)22(26)25-12-4-5-17(15-25)13-16-8-9-20-18(14-16)6-2-10-23-20/h2-3,6-11,14,17H,4-5,12-13,15H2,1H3/t17-/m0/s1. The normalized spacial score (nSPS) is 17.1. The highest BCUT2D eigenvalue weighted by Crippen LogP contribution is 2.25. The van der Waals surface area contributed by atoms with E-state index in [-0.39, 0.29) is 5.91 Å². The third-order valence-electron chi connectivity index (χ3n) is 5.19. The number of ether oxygens (including phenoxy) is 1. The zero-order chi connectivity index (χ0) is 18.6. The van der Waals surface area contributed by atoms with Gasteiger partial charge in [-0.2, -0.15) is 0 Å². The molecule has 0 radical (unpaired) electrons. The second-order valence-electron chi connectivity index (χ2n) is 7.05. The van der Waals surface area contributed by atoms with Crippen molar-refractivity contribution in [3.63, 3.8) is 0 Å². The average molecular weight is 361 g/mol. The Bertz CT molecular complexity index is 957. The molecule has 1 amide bonds. The first kappa shape index (κ1) is 17.5. The van der Waals surface area contributed by atoms with Gasteiger partial charge in [-0.15, -0.1) is 0 Å². The molecule has 1 aromatic carbocycles. The molecule has 1 atom stereocenters. The molecule has 3 aromatic rings. The molecule has 3 heterocycles. The summed E-state index contributed by atoms with van der Waals surface area (Å²) in [6.45, 7) is 1.55. The maximum atomic E-state index is 12.9. The van der Waals surface area contributed by atoms with E-state index in [4.69, 9.17) is 4.74 Å². The second kappa shape index (κ2) is 7.74. The molecule has 27 heavy (non-hydrogen) atoms. The van der Waals surface area contributed by atoms with Crippen molar-refractivity contribution in [2.75, 3.05) is 20.2 Å². The van der Waals surface area contributed by atoms with E-state index in [1.54, 1.807) is 25.4 Å². The van der Waals surface area contributed by atoms with Crippen molar-refractivity contribution in [1.29, 1.82) is 0 Å². The highest BCUT2D eigenvalue weighted by atomic mass is 16.5. The molecule has 138 valence electrons. The highest BCUT2D eigenvalue weighted by molar-refractivity contribution is 5.96. The maximum Gasteiger partial charge on any atom is 0.259 e. The molecule has 1 aliphatic rings. The van der Waals surface area contributed by atoms with Crippen molar-refractivity contribution in [1.82, 2.24) is 14.9 Å². The van der Waals surface area contributed by atoms with E-state index in [1.165, 1.54) is 10.9 Å². The predicted octanol–water partition coefficient (Wildman–Crippen LogP) is 3.73. The van der Waals surface area contributed by atoms with E-state index in [9.17, 15) is 4.79 Å². The van der Waals surface area contributed by atoms with E-state index < -0.39 is 0 Å². The fraction of sp³-hybridized carbons (Fsp3) is 0.318. The van der Waals surface area contributed by atoms with Crippen molar-refractivity contribution in [2.24, 2.45) is 5.92 Å². The minimum atomic E-state index is 0.00682. The van der Waals surface area contributed by atoms with Crippen LogP contribution in [0, 0.1) is 5.92 Å². The van der Waals surface area contributed by atoms with Gasteiger partial charge >= 0.3 is 0 Å². The fourth-order valence-corrected chi connectivity index (χ4v) is 3.89. The molecule has 0 spiro atoms. The minimum absolute atomic E-state index is 0.00682. The molecule has 0 aliphatic carbocycles. The van der Waals surface area contributed by atoms with Crippen LogP contribution in [0.25, 0.3) is 10.9 Å². The average Bonchev–Trinajstić information content (AvgIpc) is 2.73. The number of hydrogen-bond acceptors (Lipinski definition) is 4. The van der Waals surface area contributed by atoms with E-state index in [1.807, 2.05) is 17.2 Å². The van der Waals surface area contributed by atoms with E-state index in [2.05, 4.69) is 34.2 Å². The molecule has 4 rings (SSSR count). The Kier molecular flexibility index (Phi) is 5.01. The Hall–Kier alpha value is -2.95. The number of aromatic nitrogens is 2. The molecule has 1 aliphatic heterocycles. The number of pyridine rings is 2. The van der Waals surface area contributed by atoms with E-state index >= 15 is 0 Å². The summed E-state index contributed by atoms with van der Waals surface area (Å²) >= 11 is 0. The molecular weight excluding hydrogens is 338 g/mol. The van der Waals surface area contributed by atoms with Crippen LogP contribution in [0.2, 0.25) is 0 Å². The summed E-state index contributed by atoms with van der Waals surface area (Å²) in [6, 6.07) is 14.1. The SMILES string of the molecule is COc1ncccc1C(=O)N1CCC[C@@H](Cc2ccc3ncccc3c2)C1. The van der Waals surface area contributed by atoms with Crippen LogP contribution in [0.5, 0.6) is 5.88 Å². The number of nitrogens with zero attached hydrogens (tertiary/aromatic N) is 3. The Balaban J connectivity index is 1.48. The summed E-state index contributed by atoms with van der Waals surface area (Å²) in [6.07, 6.45) is 6.59. The molecule has 0 saturated carbocycles. The summed E-state index contributed by atoms with van der Waals surface area (Å²) in [5, 5.41) is 1.17. The van der Waals surface area contributed by atoms with Gasteiger partial charge in [-0.1, -0.05) is 12.1 Å². The van der Waals surface area contributed by atoms with Gasteiger partial charge in [-0.3, -0.25) is 9.78 Å². The molecule has 0 bridgehead atoms. The number of likely N-dealkylation sites (tertiary alicyclic amines) is 1. The summed E-state index contributed by atoms with van der Waals surface area (Å²) < 4.78 is 5.26. The van der Waals surface area contributed by atoms with Crippen molar-refractivity contribution in [3.8, 4) is 5.88 Å². The van der Waals surface area contributed by atoms with Crippen molar-refractivity contribution in [2.45, 2.75) is 19.3 Å². The van der Waals surface area contributed by atoms with Crippen molar-refractivity contribution in [3.05, 3.63) is 66.0 Å². The lowest BCUT2D eigenvalue weighted by Gasteiger charge is -2.33. The van der Waals surface area contributed by atoms with Gasteiger partial charge in [-0.05, 0) is 61.1 Å². The monoisotopic (exact) mass is 361 g/mol. The number of carbonyl (C=O) groups is 1. The highest BCUT2D eigenvalue weighted by Gasteiger charge is 2.26. The Morgan fingerprint density at radius 2 is 2.04 bits per heavy atom. The number of carbonyl (C=O) groups excluding carboxylic acids is 1. The van der Waals surface area contributed by atoms with Gasteiger partial charge in [0, 0.05) is 30.9 Å². The van der Waals surface area contributed by atoms with Crippen LogP contribution >= 0.6 is 0 Å². The molecule has 0 unspecified atom stereocenters. The van der Waals surface area contributed by atoms with Crippen molar-refractivity contribution < 1.29 is 9.53 Å². The fourth-order valence-electron chi connectivity index (χ4n) is 3.89. The largest absolute Gasteiger partial charge is 0.480 e. The Morgan fingerprint density at radius 1 is 1.19 bits per heavy atom. The van der Waals surface area contributed by atoms with Crippen molar-refractivity contribution >= 4 is 16.8 Å². The number of hydrogen-bond donors (Lipinski definition) is 0. The lowest BCUT2D eigenvalue weighted by Crippen LogP contribution is -2.40. The first-order valence-electron chi connectivity index (χ1n) is 9.36. The van der Waals surface area contributed by atoms with Crippen LogP contribution in [-0.4, -0.2) is 41.0 Å². The zero-order valence-corrected chi connectivity index (χ0v) is 15.5. The van der Waals surface area contributed by atoms with Crippen LogP contribution in [-0.2, 0) is 6.42 Å². The predicted molar refractivity (Wildman–Crippen MR) is 105 cm³/mol. The molecule has 2 aromatic heterocycles. The molecule has 1 saturated heterocycles. The zero-order valence-electron chi connectivity index (χ0n) is 15.5. The number of methoxy groups -OCH3 is 1. The van der Waals surface area contributed by atoms with Crippen LogP contribution in [0.15, 0.2) is 54.9 Å². The Labute approximate surface area is 159 Å². The lowest BCUT2D eigenvalue weighted by molar-refractivity contribution is 0.0669. The molecule has 1 fully saturated rings. The smallest absolute Gasteiger partial charge is 0.259 e. The van der Waals surface area contributed by atoms with Gasteiger partial charge in [0.2, 0.25) is 5.88 Å². The molecule has 5 heteroatoms. The van der Waals surface area contributed by atoms with Gasteiger partial charge < -0.3 is 9.64 Å². The van der Waals surface area contributed by atoms with E-state index in [0.29, 0.717) is 17.4 Å². The van der Waals surface area contributed by atoms with Crippen LogP contribution in [0.3, 0.4) is 0 Å². The molecular formula is C22H23N3O2. The van der Waals surface area contributed by atoms with Crippen LogP contribution in [0.4, 0.5) is 0 Å². The van der Waals surface area contributed by atoms with Gasteiger partial charge in [0.25, 0.3) is 5.91 Å². The summed E-state index contributed by atoms with van der Waals surface area (Å²) in [5.74, 6) is 0.860. The number of benzene rings is 1. The summed E-state index contributed by atoms with van der Waals surface area (Å²) in [7, 11) is 1.55. The van der Waals surface area contributed by atoms with Crippen LogP contribution in [0.1, 0.15) is 28.8 Å². The Morgan fingerprint density at radius 3 is 2.93 bits per heavy atom. The van der Waals surface area contributed by atoms with Gasteiger partial charge in [0.05, 0.1) is 12.6 Å². The number of amides is 1. The number of fused-ring (bicyclic) bond motifs is 1. The molecule has 5 nitrogen and oxygen atoms in total. The quantitative estimate of drug-likeness (QED) is 0.710. The molecule has 0 N–H and O–H groups in total. The van der Waals surface area contributed by atoms with Gasteiger partial charge in [-0.25, -0.2) is 4.98 Å².